The van der Waals surface area contributed by atoms with Gasteiger partial charge in [0.1, 0.15) is 0 Å². The first-order chi connectivity index (χ1) is 9.42. The number of hydrogen-bond acceptors (Lipinski definition) is 0. The van der Waals surface area contributed by atoms with Crippen LogP contribution in [0.25, 0.3) is 5.69 Å². The van der Waals surface area contributed by atoms with E-state index in [2.05, 4.69) is 93.1 Å². The molecule has 0 amide bonds. The highest BCUT2D eigenvalue weighted by Crippen LogP contribution is 2.64. The lowest BCUT2D eigenvalue weighted by Crippen LogP contribution is -2.30. The fourth-order valence-corrected chi connectivity index (χ4v) is 6.58. The normalized spacial score (nSPS) is 18.0. The maximum atomic E-state index is 2.37. The fourth-order valence-electron chi connectivity index (χ4n) is 2.94. The Labute approximate surface area is 123 Å². The van der Waals surface area contributed by atoms with E-state index in [1.165, 1.54) is 11.1 Å². The highest BCUT2D eigenvalue weighted by atomic mass is 31.1. The molecular formula is C18H22NP. The van der Waals surface area contributed by atoms with Gasteiger partial charge in [-0.2, -0.15) is 0 Å². The van der Waals surface area contributed by atoms with E-state index in [1.54, 1.807) is 0 Å². The molecule has 1 aromatic carbocycles. The van der Waals surface area contributed by atoms with Crippen LogP contribution in [0.1, 0.15) is 27.7 Å². The second-order valence-electron chi connectivity index (χ2n) is 6.64. The van der Waals surface area contributed by atoms with E-state index >= 15 is 0 Å². The van der Waals surface area contributed by atoms with Crippen molar-refractivity contribution in [3.8, 4) is 5.69 Å². The smallest absolute Gasteiger partial charge is 0.0475 e. The van der Waals surface area contributed by atoms with Crippen LogP contribution >= 0.6 is 7.92 Å². The van der Waals surface area contributed by atoms with Crippen LogP contribution in [0.5, 0.6) is 0 Å². The summed E-state index contributed by atoms with van der Waals surface area (Å²) in [4.78, 5) is 0. The molecule has 0 saturated carbocycles. The first-order valence-electron chi connectivity index (χ1n) is 7.15. The molecule has 0 bridgehead atoms. The zero-order chi connectivity index (χ0) is 14.4. The van der Waals surface area contributed by atoms with Crippen LogP contribution in [0.4, 0.5) is 0 Å². The van der Waals surface area contributed by atoms with E-state index in [0.717, 1.165) is 0 Å². The Hall–Kier alpha value is -1.33. The Kier molecular flexibility index (Phi) is 3.14. The van der Waals surface area contributed by atoms with Crippen LogP contribution in [0.3, 0.4) is 0 Å². The maximum absolute atomic E-state index is 2.37. The fraction of sp³-hybridized carbons (Fsp3) is 0.333. The first-order valence-corrected chi connectivity index (χ1v) is 8.49. The Bertz CT molecular complexity index is 620. The van der Waals surface area contributed by atoms with E-state index in [9.17, 15) is 0 Å². The molecule has 0 fully saturated rings. The third-order valence-corrected chi connectivity index (χ3v) is 7.22. The van der Waals surface area contributed by atoms with Crippen LogP contribution in [-0.2, 0) is 0 Å². The predicted octanol–water partition coefficient (Wildman–Crippen LogP) is 4.71. The standard InChI is InChI=1S/C18H22NP/c1-17(2,3)20(18(4)12-13-18)16-11-8-14-19(16)15-9-6-5-7-10-15/h5-14H,1-4H3. The molecule has 1 heterocycles. The third kappa shape index (κ3) is 2.36. The summed E-state index contributed by atoms with van der Waals surface area (Å²) in [6.45, 7) is 9.47. The molecule has 0 aliphatic heterocycles. The average molecular weight is 283 g/mol. The molecule has 1 aliphatic carbocycles. The van der Waals surface area contributed by atoms with Gasteiger partial charge in [-0.05, 0) is 44.3 Å². The van der Waals surface area contributed by atoms with Gasteiger partial charge in [0.05, 0.1) is 0 Å². The van der Waals surface area contributed by atoms with Crippen LogP contribution in [0, 0.1) is 0 Å². The molecule has 3 rings (SSSR count). The summed E-state index contributed by atoms with van der Waals surface area (Å²) < 4.78 is 2.36. The van der Waals surface area contributed by atoms with Gasteiger partial charge >= 0.3 is 0 Å². The van der Waals surface area contributed by atoms with Gasteiger partial charge in [0.25, 0.3) is 0 Å². The summed E-state index contributed by atoms with van der Waals surface area (Å²) in [6.07, 6.45) is 6.93. The van der Waals surface area contributed by atoms with Crippen LogP contribution in [0.2, 0.25) is 0 Å². The molecule has 104 valence electrons. The summed E-state index contributed by atoms with van der Waals surface area (Å²) in [5.41, 5.74) is 2.72. The molecule has 1 nitrogen and oxygen atoms in total. The van der Waals surface area contributed by atoms with Crippen LogP contribution < -0.4 is 5.44 Å². The van der Waals surface area contributed by atoms with Gasteiger partial charge in [0, 0.05) is 22.5 Å². The number of rotatable bonds is 3. The van der Waals surface area contributed by atoms with Gasteiger partial charge in [0.15, 0.2) is 0 Å². The SMILES string of the molecule is CC(C)(C)P(c1cccn1-c1ccccc1)C1(C)C=C1. The Morgan fingerprint density at radius 3 is 2.15 bits per heavy atom. The minimum absolute atomic E-state index is 0.282. The zero-order valence-corrected chi connectivity index (χ0v) is 13.6. The van der Waals surface area contributed by atoms with Crippen molar-refractivity contribution >= 4 is 13.4 Å². The van der Waals surface area contributed by atoms with Gasteiger partial charge in [-0.25, -0.2) is 0 Å². The van der Waals surface area contributed by atoms with Crippen molar-refractivity contribution in [1.82, 2.24) is 4.57 Å². The van der Waals surface area contributed by atoms with Crippen LogP contribution in [0.15, 0.2) is 60.8 Å². The summed E-state index contributed by atoms with van der Waals surface area (Å²) in [7, 11) is -0.282. The second kappa shape index (κ2) is 4.60. The maximum Gasteiger partial charge on any atom is 0.0475 e. The molecule has 1 aliphatic rings. The number of nitrogens with zero attached hydrogens (tertiary/aromatic N) is 1. The molecule has 1 unspecified atom stereocenters. The van der Waals surface area contributed by atoms with E-state index in [4.69, 9.17) is 0 Å². The summed E-state index contributed by atoms with van der Waals surface area (Å²) in [5.74, 6) is 0. The third-order valence-electron chi connectivity index (χ3n) is 3.79. The van der Waals surface area contributed by atoms with Crippen molar-refractivity contribution in [2.75, 3.05) is 0 Å². The van der Waals surface area contributed by atoms with Crippen LogP contribution in [-0.4, -0.2) is 14.9 Å². The highest BCUT2D eigenvalue weighted by Gasteiger charge is 2.45. The van der Waals surface area contributed by atoms with Crippen molar-refractivity contribution in [3.63, 3.8) is 0 Å². The van der Waals surface area contributed by atoms with E-state index in [1.807, 2.05) is 0 Å². The van der Waals surface area contributed by atoms with E-state index < -0.39 is 0 Å². The van der Waals surface area contributed by atoms with E-state index in [0.29, 0.717) is 10.3 Å². The Balaban J connectivity index is 2.08. The second-order valence-corrected chi connectivity index (χ2v) is 10.1. The highest BCUT2D eigenvalue weighted by molar-refractivity contribution is 7.69. The van der Waals surface area contributed by atoms with Crippen molar-refractivity contribution in [3.05, 3.63) is 60.8 Å². The summed E-state index contributed by atoms with van der Waals surface area (Å²) in [6, 6.07) is 15.1. The minimum Gasteiger partial charge on any atom is -0.317 e. The molecule has 2 heteroatoms. The van der Waals surface area contributed by atoms with Gasteiger partial charge in [-0.15, -0.1) is 0 Å². The van der Waals surface area contributed by atoms with Crippen molar-refractivity contribution < 1.29 is 0 Å². The molecule has 20 heavy (non-hydrogen) atoms. The summed E-state index contributed by atoms with van der Waals surface area (Å²) >= 11 is 0. The number of allylic oxidation sites excluding steroid dienone is 2. The minimum atomic E-state index is -0.282. The molecule has 0 radical (unpaired) electrons. The van der Waals surface area contributed by atoms with E-state index in [-0.39, 0.29) is 7.92 Å². The number of aromatic nitrogens is 1. The van der Waals surface area contributed by atoms with Gasteiger partial charge in [-0.1, -0.05) is 51.1 Å². The topological polar surface area (TPSA) is 4.93 Å². The van der Waals surface area contributed by atoms with Gasteiger partial charge < -0.3 is 4.57 Å². The number of benzene rings is 1. The Morgan fingerprint density at radius 1 is 0.950 bits per heavy atom. The van der Waals surface area contributed by atoms with Crippen molar-refractivity contribution in [2.45, 2.75) is 38.0 Å². The lowest BCUT2D eigenvalue weighted by Gasteiger charge is -2.37. The predicted molar refractivity (Wildman–Crippen MR) is 89.6 cm³/mol. The zero-order valence-electron chi connectivity index (χ0n) is 12.7. The molecule has 0 saturated heterocycles. The monoisotopic (exact) mass is 283 g/mol. The van der Waals surface area contributed by atoms with Gasteiger partial charge in [-0.3, -0.25) is 0 Å². The molecule has 1 atom stereocenters. The lowest BCUT2D eigenvalue weighted by atomic mass is 10.3. The summed E-state index contributed by atoms with van der Waals surface area (Å²) in [5, 5.41) is 0.580. The lowest BCUT2D eigenvalue weighted by molar-refractivity contribution is 0.774. The van der Waals surface area contributed by atoms with Gasteiger partial charge in [0.2, 0.25) is 0 Å². The van der Waals surface area contributed by atoms with Crippen molar-refractivity contribution in [2.24, 2.45) is 0 Å². The Morgan fingerprint density at radius 2 is 1.60 bits per heavy atom. The average Bonchev–Trinajstić information content (AvgIpc) is 2.94. The molecule has 0 N–H and O–H groups in total. The molecule has 1 aromatic heterocycles. The first kappa shape index (κ1) is 13.6. The van der Waals surface area contributed by atoms with Crippen molar-refractivity contribution in [1.29, 1.82) is 0 Å². The molecule has 2 aromatic rings. The number of para-hydroxylation sites is 1. The number of hydrogen-bond donors (Lipinski definition) is 0. The molecule has 0 spiro atoms. The quantitative estimate of drug-likeness (QED) is 0.568. The molecular weight excluding hydrogens is 261 g/mol. The largest absolute Gasteiger partial charge is 0.317 e.